The van der Waals surface area contributed by atoms with Gasteiger partial charge in [-0.05, 0) is 35.3 Å². The second-order valence-electron chi connectivity index (χ2n) is 2.55. The van der Waals surface area contributed by atoms with Gasteiger partial charge in [0.25, 0.3) is 0 Å². The van der Waals surface area contributed by atoms with E-state index in [0.29, 0.717) is 11.4 Å². The maximum absolute atomic E-state index is 11.1. The van der Waals surface area contributed by atoms with Gasteiger partial charge in [-0.1, -0.05) is 0 Å². The lowest BCUT2D eigenvalue weighted by Crippen LogP contribution is -2.05. The van der Waals surface area contributed by atoms with Gasteiger partial charge in [-0.15, -0.1) is 0 Å². The quantitative estimate of drug-likeness (QED) is 0.748. The van der Waals surface area contributed by atoms with E-state index in [2.05, 4.69) is 20.9 Å². The van der Waals surface area contributed by atoms with Crippen LogP contribution in [0, 0.1) is 6.92 Å². The standard InChI is InChI=1S/C8H9BrN2O/c1-4-6(9)3-11-8(10)7(4)5(2)12/h3H,1-2H3,(H2,10,11). The van der Waals surface area contributed by atoms with E-state index in [4.69, 9.17) is 5.73 Å². The average molecular weight is 229 g/mol. The summed E-state index contributed by atoms with van der Waals surface area (Å²) in [6, 6.07) is 0. The van der Waals surface area contributed by atoms with Crippen molar-refractivity contribution in [1.29, 1.82) is 0 Å². The number of halogens is 1. The number of nitrogen functional groups attached to an aromatic ring is 1. The van der Waals surface area contributed by atoms with E-state index in [1.807, 2.05) is 6.92 Å². The van der Waals surface area contributed by atoms with Gasteiger partial charge in [-0.2, -0.15) is 0 Å². The van der Waals surface area contributed by atoms with Crippen LogP contribution < -0.4 is 5.73 Å². The van der Waals surface area contributed by atoms with E-state index in [-0.39, 0.29) is 5.78 Å². The van der Waals surface area contributed by atoms with Gasteiger partial charge >= 0.3 is 0 Å². The predicted octanol–water partition coefficient (Wildman–Crippen LogP) is 1.94. The molecule has 0 aromatic carbocycles. The highest BCUT2D eigenvalue weighted by molar-refractivity contribution is 9.10. The van der Waals surface area contributed by atoms with Crippen LogP contribution in [0.2, 0.25) is 0 Å². The summed E-state index contributed by atoms with van der Waals surface area (Å²) in [4.78, 5) is 15.0. The minimum Gasteiger partial charge on any atom is -0.383 e. The van der Waals surface area contributed by atoms with Gasteiger partial charge in [0.05, 0.1) is 5.56 Å². The number of nitrogens with two attached hydrogens (primary N) is 1. The van der Waals surface area contributed by atoms with Crippen molar-refractivity contribution in [3.05, 3.63) is 21.8 Å². The third kappa shape index (κ3) is 1.48. The van der Waals surface area contributed by atoms with Crippen LogP contribution in [0.25, 0.3) is 0 Å². The zero-order valence-electron chi connectivity index (χ0n) is 6.89. The maximum Gasteiger partial charge on any atom is 0.163 e. The fourth-order valence-electron chi connectivity index (χ4n) is 1.04. The summed E-state index contributed by atoms with van der Waals surface area (Å²) >= 11 is 3.28. The van der Waals surface area contributed by atoms with E-state index in [1.165, 1.54) is 6.92 Å². The normalized spacial score (nSPS) is 9.92. The number of Topliss-reactive ketones (excluding diaryl/α,β-unsaturated/α-hetero) is 1. The Kier molecular flexibility index (Phi) is 2.47. The zero-order valence-corrected chi connectivity index (χ0v) is 8.47. The maximum atomic E-state index is 11.1. The molecule has 0 aliphatic heterocycles. The summed E-state index contributed by atoms with van der Waals surface area (Å²) < 4.78 is 0.807. The average Bonchev–Trinajstić information content (AvgIpc) is 1.97. The third-order valence-corrected chi connectivity index (χ3v) is 2.46. The van der Waals surface area contributed by atoms with Gasteiger partial charge in [0.1, 0.15) is 5.82 Å². The van der Waals surface area contributed by atoms with E-state index in [0.717, 1.165) is 10.0 Å². The topological polar surface area (TPSA) is 56.0 Å². The smallest absolute Gasteiger partial charge is 0.163 e. The molecule has 3 nitrogen and oxygen atoms in total. The predicted molar refractivity (Wildman–Crippen MR) is 51.1 cm³/mol. The summed E-state index contributed by atoms with van der Waals surface area (Å²) in [6.45, 7) is 3.31. The molecule has 0 aliphatic carbocycles. The second-order valence-corrected chi connectivity index (χ2v) is 3.40. The summed E-state index contributed by atoms with van der Waals surface area (Å²) in [6.07, 6.45) is 1.59. The van der Waals surface area contributed by atoms with E-state index >= 15 is 0 Å². The highest BCUT2D eigenvalue weighted by Crippen LogP contribution is 2.22. The van der Waals surface area contributed by atoms with Crippen LogP contribution in [-0.4, -0.2) is 10.8 Å². The number of hydrogen-bond acceptors (Lipinski definition) is 3. The summed E-state index contributed by atoms with van der Waals surface area (Å²) in [5.74, 6) is 0.238. The van der Waals surface area contributed by atoms with Crippen molar-refractivity contribution < 1.29 is 4.79 Å². The highest BCUT2D eigenvalue weighted by atomic mass is 79.9. The lowest BCUT2D eigenvalue weighted by atomic mass is 10.1. The van der Waals surface area contributed by atoms with Gasteiger partial charge in [0, 0.05) is 10.7 Å². The lowest BCUT2D eigenvalue weighted by molar-refractivity contribution is 0.101. The van der Waals surface area contributed by atoms with E-state index in [9.17, 15) is 4.79 Å². The fraction of sp³-hybridized carbons (Fsp3) is 0.250. The number of hydrogen-bond donors (Lipinski definition) is 1. The van der Waals surface area contributed by atoms with Gasteiger partial charge < -0.3 is 5.73 Å². The Labute approximate surface area is 79.1 Å². The van der Waals surface area contributed by atoms with Crippen molar-refractivity contribution in [2.75, 3.05) is 5.73 Å². The third-order valence-electron chi connectivity index (χ3n) is 1.66. The molecule has 0 bridgehead atoms. The Morgan fingerprint density at radius 2 is 2.25 bits per heavy atom. The number of ketones is 1. The van der Waals surface area contributed by atoms with Crippen LogP contribution in [0.15, 0.2) is 10.7 Å². The summed E-state index contributed by atoms with van der Waals surface area (Å²) in [5.41, 5.74) is 6.89. The Morgan fingerprint density at radius 3 is 2.67 bits per heavy atom. The minimum atomic E-state index is -0.0567. The molecule has 0 aliphatic rings. The van der Waals surface area contributed by atoms with Crippen molar-refractivity contribution in [2.24, 2.45) is 0 Å². The number of carbonyl (C=O) groups is 1. The molecule has 12 heavy (non-hydrogen) atoms. The monoisotopic (exact) mass is 228 g/mol. The number of pyridine rings is 1. The molecular formula is C8H9BrN2O. The molecule has 0 atom stereocenters. The Hall–Kier alpha value is -0.900. The van der Waals surface area contributed by atoms with Gasteiger partial charge in [0.2, 0.25) is 0 Å². The molecule has 1 aromatic heterocycles. The highest BCUT2D eigenvalue weighted by Gasteiger charge is 2.11. The van der Waals surface area contributed by atoms with Crippen molar-refractivity contribution in [3.63, 3.8) is 0 Å². The minimum absolute atomic E-state index is 0.0567. The molecule has 1 aromatic rings. The zero-order chi connectivity index (χ0) is 9.30. The molecule has 0 fully saturated rings. The number of carbonyl (C=O) groups excluding carboxylic acids is 1. The molecule has 1 heterocycles. The first kappa shape index (κ1) is 9.19. The molecule has 0 saturated carbocycles. The molecule has 1 rings (SSSR count). The number of nitrogens with zero attached hydrogens (tertiary/aromatic N) is 1. The number of rotatable bonds is 1. The molecule has 0 saturated heterocycles. The molecule has 4 heteroatoms. The number of aromatic nitrogens is 1. The van der Waals surface area contributed by atoms with Crippen LogP contribution in [0.1, 0.15) is 22.8 Å². The van der Waals surface area contributed by atoms with Crippen LogP contribution in [0.5, 0.6) is 0 Å². The number of anilines is 1. The molecule has 0 amide bonds. The lowest BCUT2D eigenvalue weighted by Gasteiger charge is -2.05. The first-order chi connectivity index (χ1) is 5.54. The van der Waals surface area contributed by atoms with Crippen LogP contribution in [0.3, 0.4) is 0 Å². The van der Waals surface area contributed by atoms with E-state index < -0.39 is 0 Å². The largest absolute Gasteiger partial charge is 0.383 e. The molecule has 2 N–H and O–H groups in total. The molecule has 0 unspecified atom stereocenters. The first-order valence-electron chi connectivity index (χ1n) is 3.45. The Morgan fingerprint density at radius 1 is 1.67 bits per heavy atom. The molecule has 64 valence electrons. The Bertz CT molecular complexity index is 336. The fourth-order valence-corrected chi connectivity index (χ4v) is 1.34. The molecule has 0 spiro atoms. The SMILES string of the molecule is CC(=O)c1c(N)ncc(Br)c1C. The molecular weight excluding hydrogens is 220 g/mol. The van der Waals surface area contributed by atoms with Crippen molar-refractivity contribution in [3.8, 4) is 0 Å². The van der Waals surface area contributed by atoms with Crippen LogP contribution in [0.4, 0.5) is 5.82 Å². The van der Waals surface area contributed by atoms with Crippen molar-refractivity contribution in [2.45, 2.75) is 13.8 Å². The van der Waals surface area contributed by atoms with Gasteiger partial charge in [-0.25, -0.2) is 4.98 Å². The molecule has 0 radical (unpaired) electrons. The van der Waals surface area contributed by atoms with E-state index in [1.54, 1.807) is 6.20 Å². The van der Waals surface area contributed by atoms with Gasteiger partial charge in [-0.3, -0.25) is 4.79 Å². The van der Waals surface area contributed by atoms with Crippen molar-refractivity contribution >= 4 is 27.5 Å². The Balaban J connectivity index is 3.43. The van der Waals surface area contributed by atoms with Crippen LogP contribution >= 0.6 is 15.9 Å². The van der Waals surface area contributed by atoms with Gasteiger partial charge in [0.15, 0.2) is 5.78 Å². The second kappa shape index (κ2) is 3.23. The van der Waals surface area contributed by atoms with Crippen molar-refractivity contribution in [1.82, 2.24) is 4.98 Å². The summed E-state index contributed by atoms with van der Waals surface area (Å²) in [5, 5.41) is 0. The first-order valence-corrected chi connectivity index (χ1v) is 4.25. The summed E-state index contributed by atoms with van der Waals surface area (Å²) in [7, 11) is 0. The van der Waals surface area contributed by atoms with Crippen LogP contribution in [-0.2, 0) is 0 Å².